The molecule has 0 aliphatic carbocycles. The second kappa shape index (κ2) is 11.1. The zero-order valence-corrected chi connectivity index (χ0v) is 9.75. The van der Waals surface area contributed by atoms with E-state index >= 15 is 0 Å². The van der Waals surface area contributed by atoms with Crippen LogP contribution >= 0.6 is 0 Å². The highest BCUT2D eigenvalue weighted by atomic mass is 16.4. The number of carbonyl (C=O) groups is 4. The number of hydrogen-bond donors (Lipinski definition) is 4. The van der Waals surface area contributed by atoms with Crippen LogP contribution in [0.15, 0.2) is 12.2 Å². The topological polar surface area (TPSA) is 141 Å². The number of carboxylic acid groups (broad SMARTS) is 3. The van der Waals surface area contributed by atoms with Gasteiger partial charge in [-0.05, 0) is 6.42 Å². The van der Waals surface area contributed by atoms with E-state index in [1.807, 2.05) is 0 Å². The number of nitrogens with one attached hydrogen (secondary N) is 1. The molecule has 102 valence electrons. The second-order valence-corrected chi connectivity index (χ2v) is 2.98. The number of carboxylic acids is 3. The highest BCUT2D eigenvalue weighted by Crippen LogP contribution is 1.93. The average Bonchev–Trinajstić information content (AvgIpc) is 2.66. The molecule has 1 fully saturated rings. The minimum atomic E-state index is -1.26. The summed E-state index contributed by atoms with van der Waals surface area (Å²) in [7, 11) is 0. The average molecular weight is 261 g/mol. The first kappa shape index (κ1) is 18.0. The first-order valence-corrected chi connectivity index (χ1v) is 4.86. The van der Waals surface area contributed by atoms with Crippen LogP contribution in [-0.2, 0) is 19.2 Å². The van der Waals surface area contributed by atoms with E-state index in [1.165, 1.54) is 0 Å². The molecule has 0 atom stereocenters. The number of hydrogen-bond acceptors (Lipinski definition) is 4. The fourth-order valence-corrected chi connectivity index (χ4v) is 0.708. The fraction of sp³-hybridized carbons (Fsp3) is 0.400. The number of rotatable bonds is 2. The van der Waals surface area contributed by atoms with Crippen molar-refractivity contribution in [2.45, 2.75) is 19.8 Å². The van der Waals surface area contributed by atoms with Gasteiger partial charge in [0.15, 0.2) is 0 Å². The van der Waals surface area contributed by atoms with Crippen molar-refractivity contribution in [1.82, 2.24) is 5.32 Å². The Hall–Kier alpha value is -2.38. The summed E-state index contributed by atoms with van der Waals surface area (Å²) in [6, 6.07) is 0. The third-order valence-electron chi connectivity index (χ3n) is 1.27. The number of amides is 1. The van der Waals surface area contributed by atoms with Gasteiger partial charge in [-0.25, -0.2) is 9.59 Å². The maximum atomic E-state index is 10.1. The van der Waals surface area contributed by atoms with Crippen LogP contribution in [-0.4, -0.2) is 45.7 Å². The molecule has 1 heterocycles. The SMILES string of the molecule is CC(=O)O.O=C(O)C=CC(=O)O.O=C1CCCN1. The zero-order chi connectivity index (χ0) is 14.6. The predicted octanol–water partition coefficient (Wildman–Crippen LogP) is -0.301. The lowest BCUT2D eigenvalue weighted by molar-refractivity contribution is -0.134. The zero-order valence-electron chi connectivity index (χ0n) is 9.75. The Morgan fingerprint density at radius 1 is 1.11 bits per heavy atom. The summed E-state index contributed by atoms with van der Waals surface area (Å²) in [4.78, 5) is 38.2. The molecule has 8 nitrogen and oxygen atoms in total. The van der Waals surface area contributed by atoms with Gasteiger partial charge in [-0.3, -0.25) is 9.59 Å². The van der Waals surface area contributed by atoms with Crippen molar-refractivity contribution in [3.05, 3.63) is 12.2 Å². The van der Waals surface area contributed by atoms with Gasteiger partial charge < -0.3 is 20.6 Å². The molecule has 1 aliphatic heterocycles. The Labute approximate surface area is 103 Å². The summed E-state index contributed by atoms with van der Waals surface area (Å²) in [6.07, 6.45) is 2.88. The lowest BCUT2D eigenvalue weighted by Gasteiger charge is -1.80. The van der Waals surface area contributed by atoms with Gasteiger partial charge in [0.25, 0.3) is 5.97 Å². The quantitative estimate of drug-likeness (QED) is 0.500. The standard InChI is InChI=1S/C4H7NO.C4H4O4.C2H4O2/c6-4-2-1-3-5-4;5-3(6)1-2-4(7)8;1-2(3)4/h1-3H2,(H,5,6);1-2H,(H,5,6)(H,7,8);1H3,(H,3,4). The van der Waals surface area contributed by atoms with Crippen molar-refractivity contribution in [3.63, 3.8) is 0 Å². The van der Waals surface area contributed by atoms with Crippen LogP contribution in [0.4, 0.5) is 0 Å². The fourth-order valence-electron chi connectivity index (χ4n) is 0.708. The van der Waals surface area contributed by atoms with Crippen molar-refractivity contribution in [1.29, 1.82) is 0 Å². The molecule has 8 heteroatoms. The van der Waals surface area contributed by atoms with E-state index < -0.39 is 17.9 Å². The molecule has 18 heavy (non-hydrogen) atoms. The van der Waals surface area contributed by atoms with E-state index in [4.69, 9.17) is 20.1 Å². The predicted molar refractivity (Wildman–Crippen MR) is 60.0 cm³/mol. The normalized spacial score (nSPS) is 12.6. The summed E-state index contributed by atoms with van der Waals surface area (Å²) in [6.45, 7) is 1.97. The van der Waals surface area contributed by atoms with Gasteiger partial charge >= 0.3 is 11.9 Å². The van der Waals surface area contributed by atoms with Crippen molar-refractivity contribution >= 4 is 23.8 Å². The van der Waals surface area contributed by atoms with Gasteiger partial charge in [0.1, 0.15) is 0 Å². The molecular formula is C10H15NO7. The first-order chi connectivity index (χ1) is 8.25. The molecule has 4 N–H and O–H groups in total. The van der Waals surface area contributed by atoms with Gasteiger partial charge in [-0.1, -0.05) is 0 Å². The van der Waals surface area contributed by atoms with Crippen LogP contribution < -0.4 is 5.32 Å². The minimum absolute atomic E-state index is 0.204. The van der Waals surface area contributed by atoms with E-state index in [9.17, 15) is 14.4 Å². The molecule has 0 aromatic heterocycles. The third-order valence-corrected chi connectivity index (χ3v) is 1.27. The van der Waals surface area contributed by atoms with Gasteiger partial charge in [-0.15, -0.1) is 0 Å². The van der Waals surface area contributed by atoms with E-state index in [0.717, 1.165) is 26.3 Å². The van der Waals surface area contributed by atoms with Crippen LogP contribution in [0.3, 0.4) is 0 Å². The number of carbonyl (C=O) groups excluding carboxylic acids is 1. The summed E-state index contributed by atoms with van der Waals surface area (Å²) in [5.41, 5.74) is 0. The van der Waals surface area contributed by atoms with Crippen molar-refractivity contribution < 1.29 is 34.5 Å². The van der Waals surface area contributed by atoms with Crippen molar-refractivity contribution in [2.24, 2.45) is 0 Å². The van der Waals surface area contributed by atoms with E-state index in [1.54, 1.807) is 0 Å². The number of aliphatic carboxylic acids is 3. The van der Waals surface area contributed by atoms with Crippen LogP contribution in [0.1, 0.15) is 19.8 Å². The highest BCUT2D eigenvalue weighted by Gasteiger charge is 2.05. The van der Waals surface area contributed by atoms with Gasteiger partial charge in [-0.2, -0.15) is 0 Å². The Balaban J connectivity index is 0. The molecule has 0 bridgehead atoms. The molecule has 1 saturated heterocycles. The van der Waals surface area contributed by atoms with Crippen molar-refractivity contribution in [2.75, 3.05) is 6.54 Å². The summed E-state index contributed by atoms with van der Waals surface area (Å²) < 4.78 is 0. The van der Waals surface area contributed by atoms with Crippen molar-refractivity contribution in [3.8, 4) is 0 Å². The summed E-state index contributed by atoms with van der Waals surface area (Å²) in [5.74, 6) is -3.14. The Morgan fingerprint density at radius 3 is 1.61 bits per heavy atom. The summed E-state index contributed by atoms with van der Waals surface area (Å²) in [5, 5.41) is 25.7. The Bertz CT molecular complexity index is 307. The smallest absolute Gasteiger partial charge is 0.328 e. The maximum absolute atomic E-state index is 10.1. The molecule has 1 amide bonds. The van der Waals surface area contributed by atoms with Gasteiger partial charge in [0, 0.05) is 32.0 Å². The van der Waals surface area contributed by atoms with Gasteiger partial charge in [0.2, 0.25) is 5.91 Å². The van der Waals surface area contributed by atoms with Crippen LogP contribution in [0, 0.1) is 0 Å². The molecule has 1 rings (SSSR count). The van der Waals surface area contributed by atoms with Gasteiger partial charge in [0.05, 0.1) is 0 Å². The largest absolute Gasteiger partial charge is 0.481 e. The summed E-state index contributed by atoms with van der Waals surface area (Å²) >= 11 is 0. The molecule has 0 aromatic rings. The van der Waals surface area contributed by atoms with E-state index in [0.29, 0.717) is 12.2 Å². The maximum Gasteiger partial charge on any atom is 0.328 e. The molecule has 0 spiro atoms. The molecule has 0 radical (unpaired) electrons. The molecule has 0 aromatic carbocycles. The molecule has 0 saturated carbocycles. The molecule has 0 unspecified atom stereocenters. The Kier molecular flexibility index (Phi) is 11.1. The van der Waals surface area contributed by atoms with Crippen LogP contribution in [0.2, 0.25) is 0 Å². The highest BCUT2D eigenvalue weighted by molar-refractivity contribution is 5.89. The van der Waals surface area contributed by atoms with Crippen LogP contribution in [0.5, 0.6) is 0 Å². The minimum Gasteiger partial charge on any atom is -0.481 e. The molecular weight excluding hydrogens is 246 g/mol. The second-order valence-electron chi connectivity index (χ2n) is 2.98. The third kappa shape index (κ3) is 23.4. The van der Waals surface area contributed by atoms with E-state index in [2.05, 4.69) is 5.32 Å². The van der Waals surface area contributed by atoms with Crippen LogP contribution in [0.25, 0.3) is 0 Å². The monoisotopic (exact) mass is 261 g/mol. The Morgan fingerprint density at radius 2 is 1.50 bits per heavy atom. The molecule has 1 aliphatic rings. The lowest BCUT2D eigenvalue weighted by atomic mass is 10.4. The first-order valence-electron chi connectivity index (χ1n) is 4.86. The van der Waals surface area contributed by atoms with E-state index in [-0.39, 0.29) is 5.91 Å². The lowest BCUT2D eigenvalue weighted by Crippen LogP contribution is -2.12.